The Bertz CT molecular complexity index is 317. The highest BCUT2D eigenvalue weighted by Crippen LogP contribution is 2.01. The molecule has 1 unspecified atom stereocenters. The van der Waals surface area contributed by atoms with Gasteiger partial charge in [-0.25, -0.2) is 9.59 Å². The normalized spacial score (nSPS) is 12.0. The Morgan fingerprint density at radius 1 is 1.33 bits per heavy atom. The summed E-state index contributed by atoms with van der Waals surface area (Å²) >= 11 is 0. The number of aliphatic carboxylic acids is 1. The van der Waals surface area contributed by atoms with Crippen molar-refractivity contribution < 1.29 is 19.5 Å². The first-order chi connectivity index (χ1) is 8.23. The Morgan fingerprint density at radius 2 is 1.89 bits per heavy atom. The molecule has 4 N–H and O–H groups in total. The molecule has 0 aliphatic heterocycles. The first-order valence-corrected chi connectivity index (χ1v) is 5.76. The Kier molecular flexibility index (Phi) is 6.77. The second-order valence-corrected chi connectivity index (χ2v) is 4.62. The van der Waals surface area contributed by atoms with E-state index >= 15 is 0 Å². The fraction of sp³-hybridized carbons (Fsp3) is 0.727. The predicted octanol–water partition coefficient (Wildman–Crippen LogP) is 0.00250. The number of carbonyl (C=O) groups excluding carboxylic acids is 2. The van der Waals surface area contributed by atoms with Crippen molar-refractivity contribution in [1.29, 1.82) is 0 Å². The van der Waals surface area contributed by atoms with Gasteiger partial charge in [0.05, 0.1) is 0 Å². The molecule has 0 bridgehead atoms. The Hall–Kier alpha value is -1.79. The summed E-state index contributed by atoms with van der Waals surface area (Å²) in [5, 5.41) is 11.3. The highest BCUT2D eigenvalue weighted by atomic mass is 16.4. The molecule has 0 saturated carbocycles. The van der Waals surface area contributed by atoms with E-state index in [-0.39, 0.29) is 18.8 Å². The third kappa shape index (κ3) is 6.72. The van der Waals surface area contributed by atoms with Crippen molar-refractivity contribution in [2.75, 3.05) is 13.6 Å². The molecule has 18 heavy (non-hydrogen) atoms. The van der Waals surface area contributed by atoms with Gasteiger partial charge in [0.2, 0.25) is 5.91 Å². The zero-order chi connectivity index (χ0) is 14.3. The molecule has 0 aliphatic carbocycles. The van der Waals surface area contributed by atoms with Crippen LogP contribution in [0.5, 0.6) is 0 Å². The van der Waals surface area contributed by atoms with Crippen molar-refractivity contribution in [2.24, 2.45) is 11.7 Å². The van der Waals surface area contributed by atoms with E-state index in [4.69, 9.17) is 10.8 Å². The number of carbonyl (C=O) groups is 3. The first-order valence-electron chi connectivity index (χ1n) is 5.76. The van der Waals surface area contributed by atoms with Crippen LogP contribution in [0.2, 0.25) is 0 Å². The molecule has 0 heterocycles. The van der Waals surface area contributed by atoms with Gasteiger partial charge in [0.1, 0.15) is 6.04 Å². The number of nitrogens with two attached hydrogens (primary N) is 1. The van der Waals surface area contributed by atoms with Crippen molar-refractivity contribution in [3.8, 4) is 0 Å². The maximum Gasteiger partial charge on any atom is 0.326 e. The lowest BCUT2D eigenvalue weighted by Gasteiger charge is -2.22. The lowest BCUT2D eigenvalue weighted by molar-refractivity contribution is -0.139. The van der Waals surface area contributed by atoms with Crippen LogP contribution in [-0.4, -0.2) is 47.5 Å². The summed E-state index contributed by atoms with van der Waals surface area (Å²) in [6, 6.07) is -1.57. The van der Waals surface area contributed by atoms with Gasteiger partial charge in [-0.1, -0.05) is 13.8 Å². The van der Waals surface area contributed by atoms with Crippen molar-refractivity contribution >= 4 is 17.9 Å². The third-order valence-electron chi connectivity index (χ3n) is 2.26. The SMILES string of the molecule is CC(C)CN(C)C(=O)NC(CCC(N)=O)C(=O)O. The molecule has 3 amide bonds. The van der Waals surface area contributed by atoms with Crippen LogP contribution in [0.1, 0.15) is 26.7 Å². The molecule has 0 aromatic rings. The van der Waals surface area contributed by atoms with Crippen LogP contribution in [0.3, 0.4) is 0 Å². The van der Waals surface area contributed by atoms with Crippen LogP contribution in [0.4, 0.5) is 4.79 Å². The molecule has 0 radical (unpaired) electrons. The number of nitrogens with zero attached hydrogens (tertiary/aromatic N) is 1. The Labute approximate surface area is 106 Å². The van der Waals surface area contributed by atoms with Gasteiger partial charge in [-0.2, -0.15) is 0 Å². The molecule has 7 nitrogen and oxygen atoms in total. The number of amides is 3. The molecule has 0 spiro atoms. The second kappa shape index (κ2) is 7.52. The molecule has 0 aromatic carbocycles. The van der Waals surface area contributed by atoms with E-state index in [9.17, 15) is 14.4 Å². The molecule has 7 heteroatoms. The summed E-state index contributed by atoms with van der Waals surface area (Å²) in [5.41, 5.74) is 4.94. The van der Waals surface area contributed by atoms with Crippen LogP contribution in [0.25, 0.3) is 0 Å². The Balaban J connectivity index is 4.35. The van der Waals surface area contributed by atoms with Gasteiger partial charge in [0.25, 0.3) is 0 Å². The predicted molar refractivity (Wildman–Crippen MR) is 65.9 cm³/mol. The largest absolute Gasteiger partial charge is 0.480 e. The minimum Gasteiger partial charge on any atom is -0.480 e. The van der Waals surface area contributed by atoms with E-state index in [1.807, 2.05) is 13.8 Å². The smallest absolute Gasteiger partial charge is 0.326 e. The van der Waals surface area contributed by atoms with Crippen molar-refractivity contribution in [3.63, 3.8) is 0 Å². The molecule has 0 saturated heterocycles. The number of urea groups is 1. The number of nitrogens with one attached hydrogen (secondary N) is 1. The lowest BCUT2D eigenvalue weighted by atomic mass is 10.1. The van der Waals surface area contributed by atoms with Gasteiger partial charge in [0.15, 0.2) is 0 Å². The van der Waals surface area contributed by atoms with E-state index in [1.165, 1.54) is 4.90 Å². The van der Waals surface area contributed by atoms with Crippen LogP contribution >= 0.6 is 0 Å². The van der Waals surface area contributed by atoms with E-state index < -0.39 is 23.9 Å². The second-order valence-electron chi connectivity index (χ2n) is 4.62. The summed E-state index contributed by atoms with van der Waals surface area (Å²) in [6.07, 6.45) is -0.0862. The number of hydrogen-bond donors (Lipinski definition) is 3. The summed E-state index contributed by atoms with van der Waals surface area (Å²) in [5.74, 6) is -1.48. The van der Waals surface area contributed by atoms with E-state index in [1.54, 1.807) is 7.05 Å². The van der Waals surface area contributed by atoms with Crippen molar-refractivity contribution in [3.05, 3.63) is 0 Å². The van der Waals surface area contributed by atoms with Gasteiger partial charge in [0, 0.05) is 20.0 Å². The molecule has 0 fully saturated rings. The standard InChI is InChI=1S/C11H21N3O4/c1-7(2)6-14(3)11(18)13-8(10(16)17)4-5-9(12)15/h7-8H,4-6H2,1-3H3,(H2,12,15)(H,13,18)(H,16,17). The zero-order valence-corrected chi connectivity index (χ0v) is 11.0. The molecule has 1 atom stereocenters. The number of carboxylic acid groups (broad SMARTS) is 1. The molecular weight excluding hydrogens is 238 g/mol. The van der Waals surface area contributed by atoms with Gasteiger partial charge in [-0.05, 0) is 12.3 Å². The molecule has 0 rings (SSSR count). The molecule has 0 aliphatic rings. The monoisotopic (exact) mass is 259 g/mol. The lowest BCUT2D eigenvalue weighted by Crippen LogP contribution is -2.47. The average molecular weight is 259 g/mol. The highest BCUT2D eigenvalue weighted by Gasteiger charge is 2.22. The van der Waals surface area contributed by atoms with Gasteiger partial charge < -0.3 is 21.1 Å². The minimum atomic E-state index is -1.18. The van der Waals surface area contributed by atoms with Crippen LogP contribution in [0, 0.1) is 5.92 Å². The van der Waals surface area contributed by atoms with Crippen LogP contribution in [-0.2, 0) is 9.59 Å². The molecule has 0 aromatic heterocycles. The summed E-state index contributed by atoms with van der Waals surface area (Å²) in [6.45, 7) is 4.42. The van der Waals surface area contributed by atoms with Crippen LogP contribution < -0.4 is 11.1 Å². The van der Waals surface area contributed by atoms with Crippen molar-refractivity contribution in [2.45, 2.75) is 32.7 Å². The van der Waals surface area contributed by atoms with Gasteiger partial charge in [-0.15, -0.1) is 0 Å². The number of carboxylic acids is 1. The topological polar surface area (TPSA) is 113 Å². The molecular formula is C11H21N3O4. The fourth-order valence-corrected chi connectivity index (χ4v) is 1.43. The minimum absolute atomic E-state index is 0.00801. The average Bonchev–Trinajstić information content (AvgIpc) is 2.21. The summed E-state index contributed by atoms with van der Waals surface area (Å²) < 4.78 is 0. The van der Waals surface area contributed by atoms with Gasteiger partial charge in [-0.3, -0.25) is 4.79 Å². The van der Waals surface area contributed by atoms with Crippen molar-refractivity contribution in [1.82, 2.24) is 10.2 Å². The Morgan fingerprint density at radius 3 is 2.28 bits per heavy atom. The number of rotatable bonds is 7. The third-order valence-corrected chi connectivity index (χ3v) is 2.26. The quantitative estimate of drug-likeness (QED) is 0.597. The number of primary amides is 1. The van der Waals surface area contributed by atoms with E-state index in [0.29, 0.717) is 6.54 Å². The number of hydrogen-bond acceptors (Lipinski definition) is 3. The van der Waals surface area contributed by atoms with Gasteiger partial charge >= 0.3 is 12.0 Å². The van der Waals surface area contributed by atoms with E-state index in [2.05, 4.69) is 5.32 Å². The highest BCUT2D eigenvalue weighted by molar-refractivity contribution is 5.83. The zero-order valence-electron chi connectivity index (χ0n) is 11.0. The maximum atomic E-state index is 11.7. The molecule has 104 valence electrons. The first kappa shape index (κ1) is 16.2. The van der Waals surface area contributed by atoms with Crippen LogP contribution in [0.15, 0.2) is 0 Å². The maximum absolute atomic E-state index is 11.7. The summed E-state index contributed by atoms with van der Waals surface area (Å²) in [4.78, 5) is 34.6. The van der Waals surface area contributed by atoms with E-state index in [0.717, 1.165) is 0 Å². The fourth-order valence-electron chi connectivity index (χ4n) is 1.43. The summed E-state index contributed by atoms with van der Waals surface area (Å²) in [7, 11) is 1.59.